The summed E-state index contributed by atoms with van der Waals surface area (Å²) in [5, 5.41) is 6.07. The van der Waals surface area contributed by atoms with Crippen LogP contribution < -0.4 is 5.32 Å². The van der Waals surface area contributed by atoms with Crippen LogP contribution in [0, 0.1) is 20.8 Å². The van der Waals surface area contributed by atoms with E-state index in [1.54, 1.807) is 23.6 Å². The Morgan fingerprint density at radius 3 is 2.87 bits per heavy atom. The highest BCUT2D eigenvalue weighted by Crippen LogP contribution is 2.31. The highest BCUT2D eigenvalue weighted by Gasteiger charge is 2.28. The molecular weight excluding hydrogens is 396 g/mol. The average Bonchev–Trinajstić information content (AvgIpc) is 3.14. The highest BCUT2D eigenvalue weighted by molar-refractivity contribution is 7.09. The van der Waals surface area contributed by atoms with Gasteiger partial charge in [-0.2, -0.15) is 0 Å². The van der Waals surface area contributed by atoms with Crippen LogP contribution in [0.4, 0.5) is 5.82 Å². The van der Waals surface area contributed by atoms with Crippen molar-refractivity contribution in [3.8, 4) is 0 Å². The lowest BCUT2D eigenvalue weighted by Crippen LogP contribution is -2.34. The largest absolute Gasteiger partial charge is 0.305 e. The predicted octanol–water partition coefficient (Wildman–Crippen LogP) is 4.23. The van der Waals surface area contributed by atoms with Crippen molar-refractivity contribution >= 4 is 23.1 Å². The van der Waals surface area contributed by atoms with Crippen molar-refractivity contribution in [2.45, 2.75) is 52.6 Å². The van der Waals surface area contributed by atoms with E-state index in [1.165, 1.54) is 0 Å². The number of hydrogen-bond donors (Lipinski definition) is 1. The number of aromatic nitrogens is 4. The molecule has 1 aliphatic heterocycles. The maximum atomic E-state index is 12.9. The number of rotatable bonds is 5. The summed E-state index contributed by atoms with van der Waals surface area (Å²) in [5.74, 6) is 1.00. The molecule has 4 heterocycles. The lowest BCUT2D eigenvalue weighted by Gasteiger charge is -2.34. The lowest BCUT2D eigenvalue weighted by atomic mass is 10.0. The van der Waals surface area contributed by atoms with E-state index < -0.39 is 0 Å². The van der Waals surface area contributed by atoms with E-state index in [0.29, 0.717) is 17.3 Å². The van der Waals surface area contributed by atoms with Crippen LogP contribution in [0.2, 0.25) is 0 Å². The minimum atomic E-state index is -0.263. The molecule has 0 aromatic carbocycles. The number of thiazole rings is 1. The van der Waals surface area contributed by atoms with E-state index in [2.05, 4.69) is 30.5 Å². The Labute approximate surface area is 180 Å². The zero-order valence-corrected chi connectivity index (χ0v) is 18.4. The van der Waals surface area contributed by atoms with Gasteiger partial charge in [0.15, 0.2) is 0 Å². The van der Waals surface area contributed by atoms with Gasteiger partial charge in [-0.05, 0) is 57.9 Å². The normalized spacial score (nSPS) is 17.1. The molecule has 30 heavy (non-hydrogen) atoms. The molecule has 4 rings (SSSR count). The SMILES string of the molecule is Cc1cc(C(=O)Nc2ncccc2C)nc(C2CCCCN2Cc2csc(C)n2)n1. The van der Waals surface area contributed by atoms with Gasteiger partial charge in [0, 0.05) is 23.8 Å². The number of anilines is 1. The van der Waals surface area contributed by atoms with E-state index in [1.807, 2.05) is 32.9 Å². The third kappa shape index (κ3) is 4.71. The molecule has 3 aromatic rings. The molecule has 1 aliphatic rings. The molecule has 7 nitrogen and oxygen atoms in total. The fourth-order valence-corrected chi connectivity index (χ4v) is 4.41. The number of pyridine rings is 1. The number of hydrogen-bond acceptors (Lipinski definition) is 7. The second-order valence-electron chi connectivity index (χ2n) is 7.72. The van der Waals surface area contributed by atoms with Gasteiger partial charge in [-0.3, -0.25) is 9.69 Å². The predicted molar refractivity (Wildman–Crippen MR) is 118 cm³/mol. The second-order valence-corrected chi connectivity index (χ2v) is 8.78. The minimum Gasteiger partial charge on any atom is -0.305 e. The summed E-state index contributed by atoms with van der Waals surface area (Å²) in [5.41, 5.74) is 3.16. The van der Waals surface area contributed by atoms with Gasteiger partial charge in [-0.15, -0.1) is 11.3 Å². The van der Waals surface area contributed by atoms with E-state index >= 15 is 0 Å². The molecule has 0 spiro atoms. The van der Waals surface area contributed by atoms with E-state index in [-0.39, 0.29) is 11.9 Å². The van der Waals surface area contributed by atoms with Crippen molar-refractivity contribution in [1.82, 2.24) is 24.8 Å². The molecule has 1 unspecified atom stereocenters. The van der Waals surface area contributed by atoms with Crippen LogP contribution in [0.5, 0.6) is 0 Å². The Bertz CT molecular complexity index is 1050. The Kier molecular flexibility index (Phi) is 6.15. The lowest BCUT2D eigenvalue weighted by molar-refractivity contribution is 0.101. The molecule has 1 amide bonds. The number of likely N-dealkylation sites (tertiary alicyclic amines) is 1. The van der Waals surface area contributed by atoms with Gasteiger partial charge >= 0.3 is 0 Å². The number of amides is 1. The zero-order valence-electron chi connectivity index (χ0n) is 17.6. The Morgan fingerprint density at radius 2 is 2.10 bits per heavy atom. The number of nitrogens with one attached hydrogen (secondary N) is 1. The van der Waals surface area contributed by atoms with E-state index in [9.17, 15) is 4.79 Å². The van der Waals surface area contributed by atoms with Gasteiger partial charge in [0.05, 0.1) is 16.7 Å². The molecule has 0 aliphatic carbocycles. The summed E-state index contributed by atoms with van der Waals surface area (Å²) in [7, 11) is 0. The molecule has 0 radical (unpaired) electrons. The first-order valence-electron chi connectivity index (χ1n) is 10.2. The molecule has 1 saturated heterocycles. The van der Waals surface area contributed by atoms with Gasteiger partial charge in [-0.25, -0.2) is 19.9 Å². The van der Waals surface area contributed by atoms with Gasteiger partial charge in [0.25, 0.3) is 5.91 Å². The second kappa shape index (κ2) is 8.97. The van der Waals surface area contributed by atoms with Crippen molar-refractivity contribution in [2.75, 3.05) is 11.9 Å². The van der Waals surface area contributed by atoms with Gasteiger partial charge in [0.2, 0.25) is 0 Å². The summed E-state index contributed by atoms with van der Waals surface area (Å²) < 4.78 is 0. The molecule has 0 bridgehead atoms. The van der Waals surface area contributed by atoms with E-state index in [0.717, 1.165) is 54.3 Å². The van der Waals surface area contributed by atoms with Gasteiger partial charge < -0.3 is 5.32 Å². The molecule has 156 valence electrons. The monoisotopic (exact) mass is 422 g/mol. The molecule has 1 fully saturated rings. The summed E-state index contributed by atoms with van der Waals surface area (Å²) >= 11 is 1.67. The quantitative estimate of drug-likeness (QED) is 0.662. The van der Waals surface area contributed by atoms with E-state index in [4.69, 9.17) is 4.98 Å². The molecule has 0 saturated carbocycles. The third-order valence-corrected chi connectivity index (χ3v) is 6.11. The smallest absolute Gasteiger partial charge is 0.275 e. The van der Waals surface area contributed by atoms with Crippen molar-refractivity contribution in [3.63, 3.8) is 0 Å². The zero-order chi connectivity index (χ0) is 21.1. The standard InChI is InChI=1S/C22H26N6OS/c1-14-7-6-9-23-20(14)27-22(29)18-11-15(2)24-21(26-18)19-8-4-5-10-28(19)12-17-13-30-16(3)25-17/h6-7,9,11,13,19H,4-5,8,10,12H2,1-3H3,(H,23,27,29). The molecule has 8 heteroatoms. The van der Waals surface area contributed by atoms with Crippen LogP contribution in [0.1, 0.15) is 63.6 Å². The number of piperidine rings is 1. The Hall–Kier alpha value is -2.71. The topological polar surface area (TPSA) is 83.9 Å². The summed E-state index contributed by atoms with van der Waals surface area (Å²) in [6.45, 7) is 7.61. The van der Waals surface area contributed by atoms with Crippen LogP contribution in [0.25, 0.3) is 0 Å². The number of aryl methyl sites for hydroxylation is 3. The molecule has 1 N–H and O–H groups in total. The van der Waals surface area contributed by atoms with Crippen molar-refractivity contribution in [1.29, 1.82) is 0 Å². The van der Waals surface area contributed by atoms with Crippen LogP contribution in [0.3, 0.4) is 0 Å². The molecule has 3 aromatic heterocycles. The average molecular weight is 423 g/mol. The van der Waals surface area contributed by atoms with Crippen molar-refractivity contribution in [2.24, 2.45) is 0 Å². The molecule has 1 atom stereocenters. The number of nitrogens with zero attached hydrogens (tertiary/aromatic N) is 5. The minimum absolute atomic E-state index is 0.0868. The molecular formula is C22H26N6OS. The van der Waals surface area contributed by atoms with Crippen LogP contribution in [-0.4, -0.2) is 37.3 Å². The van der Waals surface area contributed by atoms with Crippen LogP contribution in [-0.2, 0) is 6.54 Å². The van der Waals surface area contributed by atoms with Crippen LogP contribution >= 0.6 is 11.3 Å². The third-order valence-electron chi connectivity index (χ3n) is 5.29. The van der Waals surface area contributed by atoms with Gasteiger partial charge in [0.1, 0.15) is 17.3 Å². The Balaban J connectivity index is 1.58. The van der Waals surface area contributed by atoms with Gasteiger partial charge in [-0.1, -0.05) is 12.5 Å². The fourth-order valence-electron chi connectivity index (χ4n) is 3.81. The van der Waals surface area contributed by atoms with Crippen LogP contribution in [0.15, 0.2) is 29.8 Å². The first-order valence-corrected chi connectivity index (χ1v) is 11.1. The van der Waals surface area contributed by atoms with Crippen molar-refractivity contribution in [3.05, 3.63) is 63.3 Å². The maximum absolute atomic E-state index is 12.9. The number of carbonyl (C=O) groups is 1. The highest BCUT2D eigenvalue weighted by atomic mass is 32.1. The first kappa shape index (κ1) is 20.6. The Morgan fingerprint density at radius 1 is 1.23 bits per heavy atom. The number of carbonyl (C=O) groups excluding carboxylic acids is 1. The van der Waals surface area contributed by atoms with Crippen molar-refractivity contribution < 1.29 is 4.79 Å². The summed E-state index contributed by atoms with van der Waals surface area (Å²) in [4.78, 5) is 33.5. The summed E-state index contributed by atoms with van der Waals surface area (Å²) in [6.07, 6.45) is 4.92. The fraction of sp³-hybridized carbons (Fsp3) is 0.409. The first-order chi connectivity index (χ1) is 14.5. The summed E-state index contributed by atoms with van der Waals surface area (Å²) in [6, 6.07) is 5.58. The maximum Gasteiger partial charge on any atom is 0.275 e.